The third-order valence-corrected chi connectivity index (χ3v) is 5.47. The smallest absolute Gasteiger partial charge is 0.319 e. The molecule has 0 radical (unpaired) electrons. The molecule has 0 aromatic heterocycles. The van der Waals surface area contributed by atoms with Crippen LogP contribution in [-0.2, 0) is 24.1 Å². The van der Waals surface area contributed by atoms with Crippen LogP contribution in [0.3, 0.4) is 0 Å². The molecule has 1 aliphatic heterocycles. The molecule has 1 aliphatic carbocycles. The fourth-order valence-corrected chi connectivity index (χ4v) is 3.88. The van der Waals surface area contributed by atoms with Crippen LogP contribution in [0.1, 0.15) is 23.1 Å². The van der Waals surface area contributed by atoms with Crippen LogP contribution in [0.5, 0.6) is 0 Å². The van der Waals surface area contributed by atoms with E-state index in [1.54, 1.807) is 0 Å². The molecule has 0 saturated carbocycles. The molecule has 1 unspecified atom stereocenters. The maximum Gasteiger partial charge on any atom is 0.319 e. The van der Waals surface area contributed by atoms with E-state index in [0.29, 0.717) is 13.0 Å². The third kappa shape index (κ3) is 4.46. The molecule has 0 spiro atoms. The van der Waals surface area contributed by atoms with Gasteiger partial charge in [-0.15, -0.1) is 0 Å². The highest BCUT2D eigenvalue weighted by atomic mass is 16.5. The Labute approximate surface area is 165 Å². The number of aliphatic hydroxyl groups excluding tert-OH is 1. The summed E-state index contributed by atoms with van der Waals surface area (Å²) in [6.07, 6.45) is 1.89. The number of anilines is 2. The number of aryl methyl sites for hydroxylation is 1. The highest BCUT2D eigenvalue weighted by Gasteiger charge is 2.20. The van der Waals surface area contributed by atoms with E-state index < -0.39 is 0 Å². The lowest BCUT2D eigenvalue weighted by molar-refractivity contribution is 0.122. The number of hydrogen-bond donors (Lipinski definition) is 3. The number of ether oxygens (including phenoxy) is 1. The van der Waals surface area contributed by atoms with Gasteiger partial charge in [0.05, 0.1) is 19.3 Å². The molecule has 2 amide bonds. The van der Waals surface area contributed by atoms with Crippen molar-refractivity contribution in [3.8, 4) is 0 Å². The van der Waals surface area contributed by atoms with Gasteiger partial charge >= 0.3 is 6.03 Å². The van der Waals surface area contributed by atoms with Crippen LogP contribution in [-0.4, -0.2) is 43.5 Å². The van der Waals surface area contributed by atoms with Crippen LogP contribution < -0.4 is 15.5 Å². The van der Waals surface area contributed by atoms with E-state index in [1.807, 2.05) is 24.3 Å². The van der Waals surface area contributed by atoms with Crippen molar-refractivity contribution in [2.75, 3.05) is 36.5 Å². The Morgan fingerprint density at radius 1 is 1.14 bits per heavy atom. The summed E-state index contributed by atoms with van der Waals surface area (Å²) in [5.74, 6) is 0. The molecule has 2 aromatic carbocycles. The molecule has 1 saturated heterocycles. The normalized spacial score (nSPS) is 19.0. The van der Waals surface area contributed by atoms with E-state index in [0.717, 1.165) is 56.0 Å². The maximum absolute atomic E-state index is 12.4. The van der Waals surface area contributed by atoms with Crippen molar-refractivity contribution in [2.24, 2.45) is 0 Å². The van der Waals surface area contributed by atoms with Gasteiger partial charge in [0.25, 0.3) is 0 Å². The van der Waals surface area contributed by atoms with Gasteiger partial charge in [-0.1, -0.05) is 24.3 Å². The second-order valence-electron chi connectivity index (χ2n) is 7.41. The first-order chi connectivity index (χ1) is 13.7. The average Bonchev–Trinajstić information content (AvgIpc) is 2.74. The Morgan fingerprint density at radius 2 is 1.93 bits per heavy atom. The summed E-state index contributed by atoms with van der Waals surface area (Å²) in [6.45, 7) is 3.83. The zero-order chi connectivity index (χ0) is 19.3. The van der Waals surface area contributed by atoms with E-state index in [4.69, 9.17) is 4.74 Å². The van der Waals surface area contributed by atoms with Crippen LogP contribution in [0, 0.1) is 0 Å². The first-order valence-corrected chi connectivity index (χ1v) is 9.94. The number of benzene rings is 2. The van der Waals surface area contributed by atoms with Crippen molar-refractivity contribution in [3.05, 3.63) is 59.2 Å². The van der Waals surface area contributed by atoms with Crippen LogP contribution in [0.25, 0.3) is 0 Å². The van der Waals surface area contributed by atoms with Gasteiger partial charge in [-0.2, -0.15) is 0 Å². The number of morpholine rings is 1. The van der Waals surface area contributed by atoms with Gasteiger partial charge in [0.15, 0.2) is 0 Å². The molecule has 2 aromatic rings. The molecule has 28 heavy (non-hydrogen) atoms. The number of rotatable bonds is 4. The van der Waals surface area contributed by atoms with Gasteiger partial charge in [-0.05, 0) is 47.7 Å². The molecule has 1 heterocycles. The number of aliphatic hydroxyl groups is 1. The van der Waals surface area contributed by atoms with Crippen molar-refractivity contribution in [3.63, 3.8) is 0 Å². The van der Waals surface area contributed by atoms with E-state index in [9.17, 15) is 9.90 Å². The number of nitrogens with one attached hydrogen (secondary N) is 2. The van der Waals surface area contributed by atoms with E-state index in [1.165, 1.54) is 11.3 Å². The Kier molecular flexibility index (Phi) is 5.78. The van der Waals surface area contributed by atoms with Crippen molar-refractivity contribution >= 4 is 17.4 Å². The standard InChI is InChI=1S/C22H27N3O3/c26-19-9-6-17-2-1-3-21(20(17)14-19)24-22(27)23-15-16-4-7-18(8-5-16)25-10-12-28-13-11-25/h1-5,7-8,19,26H,6,9-15H2,(H2,23,24,27). The lowest BCUT2D eigenvalue weighted by Crippen LogP contribution is -2.36. The number of carbonyl (C=O) groups is 1. The Morgan fingerprint density at radius 3 is 2.71 bits per heavy atom. The SMILES string of the molecule is O=C(NCc1ccc(N2CCOCC2)cc1)Nc1cccc2c1CC(O)CC2. The molecule has 1 fully saturated rings. The molecular formula is C22H27N3O3. The Hall–Kier alpha value is -2.57. The molecule has 6 heteroatoms. The number of hydrogen-bond acceptors (Lipinski definition) is 4. The topological polar surface area (TPSA) is 73.8 Å². The van der Waals surface area contributed by atoms with Gasteiger partial charge in [0.2, 0.25) is 0 Å². The monoisotopic (exact) mass is 381 g/mol. The molecule has 6 nitrogen and oxygen atoms in total. The van der Waals surface area contributed by atoms with Crippen LogP contribution in [0.4, 0.5) is 16.2 Å². The fourth-order valence-electron chi connectivity index (χ4n) is 3.88. The molecule has 148 valence electrons. The second-order valence-corrected chi connectivity index (χ2v) is 7.41. The van der Waals surface area contributed by atoms with Crippen molar-refractivity contribution < 1.29 is 14.6 Å². The quantitative estimate of drug-likeness (QED) is 0.761. The lowest BCUT2D eigenvalue weighted by Gasteiger charge is -2.28. The molecule has 4 rings (SSSR count). The van der Waals surface area contributed by atoms with E-state index in [-0.39, 0.29) is 12.1 Å². The zero-order valence-electron chi connectivity index (χ0n) is 16.0. The van der Waals surface area contributed by atoms with E-state index in [2.05, 4.69) is 33.7 Å². The molecule has 3 N–H and O–H groups in total. The minimum atomic E-state index is -0.330. The van der Waals surface area contributed by atoms with Crippen LogP contribution >= 0.6 is 0 Å². The zero-order valence-corrected chi connectivity index (χ0v) is 16.0. The second kappa shape index (κ2) is 8.63. The summed E-state index contributed by atoms with van der Waals surface area (Å²) >= 11 is 0. The van der Waals surface area contributed by atoms with Crippen LogP contribution in [0.15, 0.2) is 42.5 Å². The van der Waals surface area contributed by atoms with Gasteiger partial charge in [-0.25, -0.2) is 4.79 Å². The number of amides is 2. The summed E-state index contributed by atoms with van der Waals surface area (Å²) in [6, 6.07) is 14.0. The summed E-state index contributed by atoms with van der Waals surface area (Å²) in [7, 11) is 0. The Bertz CT molecular complexity index is 816. The average molecular weight is 381 g/mol. The summed E-state index contributed by atoms with van der Waals surface area (Å²) in [5, 5.41) is 15.8. The predicted octanol–water partition coefficient (Wildman–Crippen LogP) is 2.69. The highest BCUT2D eigenvalue weighted by Crippen LogP contribution is 2.28. The molecule has 0 bridgehead atoms. The minimum absolute atomic E-state index is 0.231. The number of nitrogens with zero attached hydrogens (tertiary/aromatic N) is 1. The van der Waals surface area contributed by atoms with Gasteiger partial charge < -0.3 is 25.4 Å². The first kappa shape index (κ1) is 18.8. The first-order valence-electron chi connectivity index (χ1n) is 9.94. The van der Waals surface area contributed by atoms with Gasteiger partial charge in [0.1, 0.15) is 0 Å². The summed E-state index contributed by atoms with van der Waals surface area (Å²) in [5.41, 5.74) is 5.29. The molecule has 2 aliphatic rings. The lowest BCUT2D eigenvalue weighted by atomic mass is 9.88. The minimum Gasteiger partial charge on any atom is -0.393 e. The molecule has 1 atom stereocenters. The number of fused-ring (bicyclic) bond motifs is 1. The third-order valence-electron chi connectivity index (χ3n) is 5.47. The number of urea groups is 1. The Balaban J connectivity index is 1.32. The van der Waals surface area contributed by atoms with E-state index >= 15 is 0 Å². The van der Waals surface area contributed by atoms with Crippen molar-refractivity contribution in [1.29, 1.82) is 0 Å². The van der Waals surface area contributed by atoms with Crippen molar-refractivity contribution in [1.82, 2.24) is 5.32 Å². The molecular weight excluding hydrogens is 354 g/mol. The summed E-state index contributed by atoms with van der Waals surface area (Å²) in [4.78, 5) is 14.7. The van der Waals surface area contributed by atoms with Crippen LogP contribution in [0.2, 0.25) is 0 Å². The fraction of sp³-hybridized carbons (Fsp3) is 0.409. The largest absolute Gasteiger partial charge is 0.393 e. The van der Waals surface area contributed by atoms with Gasteiger partial charge in [0, 0.05) is 37.4 Å². The predicted molar refractivity (Wildman–Crippen MR) is 110 cm³/mol. The number of carbonyl (C=O) groups excluding carboxylic acids is 1. The maximum atomic E-state index is 12.4. The highest BCUT2D eigenvalue weighted by molar-refractivity contribution is 5.90. The van der Waals surface area contributed by atoms with Crippen molar-refractivity contribution in [2.45, 2.75) is 31.9 Å². The summed E-state index contributed by atoms with van der Waals surface area (Å²) < 4.78 is 5.39. The van der Waals surface area contributed by atoms with Gasteiger partial charge in [-0.3, -0.25) is 0 Å².